The number of carbonyl (C=O) groups is 2. The lowest BCUT2D eigenvalue weighted by atomic mass is 10.0. The Kier molecular flexibility index (Phi) is 6.09. The molecular formula is C27H20ClFN2O4. The molecule has 5 rings (SSSR count). The number of fused-ring (bicyclic) bond motifs is 2. The minimum Gasteiger partial charge on any atom is -0.478 e. The molecule has 1 aromatic heterocycles. The van der Waals surface area contributed by atoms with Gasteiger partial charge in [-0.25, -0.2) is 9.18 Å². The van der Waals surface area contributed by atoms with E-state index >= 15 is 0 Å². The van der Waals surface area contributed by atoms with Crippen molar-refractivity contribution in [2.24, 2.45) is 0 Å². The second-order valence-electron chi connectivity index (χ2n) is 8.25. The third-order valence-electron chi connectivity index (χ3n) is 5.85. The van der Waals surface area contributed by atoms with Gasteiger partial charge in [-0.1, -0.05) is 35.9 Å². The Bertz CT molecular complexity index is 1460. The maximum absolute atomic E-state index is 13.5. The van der Waals surface area contributed by atoms with E-state index in [1.165, 1.54) is 17.0 Å². The van der Waals surface area contributed by atoms with E-state index in [-0.39, 0.29) is 24.0 Å². The lowest BCUT2D eigenvalue weighted by Gasteiger charge is -2.32. The highest BCUT2D eigenvalue weighted by Gasteiger charge is 2.33. The molecule has 176 valence electrons. The molecule has 0 spiro atoms. The summed E-state index contributed by atoms with van der Waals surface area (Å²) in [6.07, 6.45) is 1.04. The van der Waals surface area contributed by atoms with Crippen molar-refractivity contribution in [2.75, 3.05) is 11.9 Å². The lowest BCUT2D eigenvalue weighted by Crippen LogP contribution is -2.45. The van der Waals surface area contributed by atoms with Gasteiger partial charge in [0.1, 0.15) is 18.2 Å². The number of anilines is 1. The van der Waals surface area contributed by atoms with Gasteiger partial charge in [0, 0.05) is 30.6 Å². The highest BCUT2D eigenvalue weighted by molar-refractivity contribution is 6.30. The predicted octanol–water partition coefficient (Wildman–Crippen LogP) is 5.35. The molecule has 35 heavy (non-hydrogen) atoms. The van der Waals surface area contributed by atoms with Gasteiger partial charge in [-0.2, -0.15) is 0 Å². The number of rotatable bonds is 5. The summed E-state index contributed by atoms with van der Waals surface area (Å²) < 4.78 is 24.9. The molecule has 1 atom stereocenters. The number of esters is 1. The van der Waals surface area contributed by atoms with Gasteiger partial charge in [0.25, 0.3) is 5.91 Å². The molecule has 3 aromatic carbocycles. The third kappa shape index (κ3) is 4.68. The third-order valence-corrected chi connectivity index (χ3v) is 6.14. The highest BCUT2D eigenvalue weighted by atomic mass is 35.5. The van der Waals surface area contributed by atoms with Gasteiger partial charge in [0.2, 0.25) is 0 Å². The Morgan fingerprint density at radius 1 is 1.11 bits per heavy atom. The zero-order valence-electron chi connectivity index (χ0n) is 18.7. The van der Waals surface area contributed by atoms with Crippen LogP contribution in [0.2, 0.25) is 5.02 Å². The summed E-state index contributed by atoms with van der Waals surface area (Å²) in [5.74, 6) is -0.924. The number of benzene rings is 3. The van der Waals surface area contributed by atoms with Crippen LogP contribution < -0.4 is 9.64 Å². The van der Waals surface area contributed by atoms with E-state index in [1.807, 2.05) is 30.3 Å². The summed E-state index contributed by atoms with van der Waals surface area (Å²) in [5, 5.41) is 0.940. The van der Waals surface area contributed by atoms with E-state index in [2.05, 4.69) is 4.98 Å². The first-order valence-corrected chi connectivity index (χ1v) is 11.3. The number of nitrogens with zero attached hydrogens (tertiary/aromatic N) is 2. The largest absolute Gasteiger partial charge is 0.478 e. The summed E-state index contributed by atoms with van der Waals surface area (Å²) in [4.78, 5) is 31.4. The Morgan fingerprint density at radius 3 is 2.77 bits per heavy atom. The minimum atomic E-state index is -0.844. The molecule has 1 aliphatic heterocycles. The van der Waals surface area contributed by atoms with E-state index in [9.17, 15) is 14.0 Å². The summed E-state index contributed by atoms with van der Waals surface area (Å²) in [6.45, 7) is 0.0704. The highest BCUT2D eigenvalue weighted by Crippen LogP contribution is 2.35. The number of ether oxygens (including phenoxy) is 2. The van der Waals surface area contributed by atoms with Crippen LogP contribution in [0.4, 0.5) is 10.1 Å². The lowest BCUT2D eigenvalue weighted by molar-refractivity contribution is -0.125. The van der Waals surface area contributed by atoms with Gasteiger partial charge in [0.15, 0.2) is 6.10 Å². The maximum Gasteiger partial charge on any atom is 0.338 e. The molecule has 0 aliphatic carbocycles. The molecule has 1 amide bonds. The molecular weight excluding hydrogens is 471 g/mol. The summed E-state index contributed by atoms with van der Waals surface area (Å²) in [6, 6.07) is 18.7. The SMILES string of the molecule is CN1C(=O)C(Cc2ccc(F)c(Cl)c2)Oc2cc(C(=O)OCc3cnc4ccccc4c3)ccc21. The zero-order chi connectivity index (χ0) is 24.5. The number of likely N-dealkylation sites (N-methyl/N-ethyl adjacent to an activating group) is 1. The minimum absolute atomic E-state index is 0.0221. The molecule has 0 fully saturated rings. The maximum atomic E-state index is 13.5. The monoisotopic (exact) mass is 490 g/mol. The fourth-order valence-electron chi connectivity index (χ4n) is 3.99. The van der Waals surface area contributed by atoms with Crippen molar-refractivity contribution in [3.05, 3.63) is 100 Å². The number of aromatic nitrogens is 1. The van der Waals surface area contributed by atoms with Crippen molar-refractivity contribution in [3.63, 3.8) is 0 Å². The molecule has 1 unspecified atom stereocenters. The Hall–Kier alpha value is -3.97. The number of hydrogen-bond donors (Lipinski definition) is 0. The van der Waals surface area contributed by atoms with Crippen LogP contribution in [-0.2, 0) is 22.6 Å². The molecule has 6 nitrogen and oxygen atoms in total. The second kappa shape index (κ2) is 9.35. The molecule has 0 radical (unpaired) electrons. The van der Waals surface area contributed by atoms with Crippen molar-refractivity contribution < 1.29 is 23.5 Å². The Balaban J connectivity index is 1.31. The fourth-order valence-corrected chi connectivity index (χ4v) is 4.19. The average molecular weight is 491 g/mol. The first-order valence-electron chi connectivity index (χ1n) is 10.9. The van der Waals surface area contributed by atoms with Gasteiger partial charge in [0.05, 0.1) is 21.8 Å². The quantitative estimate of drug-likeness (QED) is 0.353. The molecule has 0 saturated heterocycles. The average Bonchev–Trinajstić information content (AvgIpc) is 2.87. The van der Waals surface area contributed by atoms with E-state index < -0.39 is 17.9 Å². The van der Waals surface area contributed by atoms with Crippen molar-refractivity contribution in [1.29, 1.82) is 0 Å². The fraction of sp³-hybridized carbons (Fsp3) is 0.148. The smallest absolute Gasteiger partial charge is 0.338 e. The van der Waals surface area contributed by atoms with Gasteiger partial charge < -0.3 is 14.4 Å². The van der Waals surface area contributed by atoms with Crippen molar-refractivity contribution in [2.45, 2.75) is 19.1 Å². The Labute approximate surface area is 205 Å². The molecule has 0 saturated carbocycles. The summed E-state index contributed by atoms with van der Waals surface area (Å²) >= 11 is 5.87. The number of pyridine rings is 1. The van der Waals surface area contributed by atoms with Crippen LogP contribution in [0.5, 0.6) is 5.75 Å². The first kappa shape index (κ1) is 22.8. The molecule has 1 aliphatic rings. The summed E-state index contributed by atoms with van der Waals surface area (Å²) in [7, 11) is 1.64. The molecule has 2 heterocycles. The van der Waals surface area contributed by atoms with Crippen molar-refractivity contribution in [1.82, 2.24) is 4.98 Å². The summed E-state index contributed by atoms with van der Waals surface area (Å²) in [5.41, 5.74) is 3.13. The van der Waals surface area contributed by atoms with E-state index in [0.717, 1.165) is 16.5 Å². The predicted molar refractivity (Wildman–Crippen MR) is 130 cm³/mol. The van der Waals surface area contributed by atoms with Crippen LogP contribution in [0, 0.1) is 5.82 Å². The molecule has 0 bridgehead atoms. The standard InChI is InChI=1S/C27H20ClFN2O4/c1-31-23-9-7-19(27(33)34-15-17-10-18-4-2-3-5-22(18)30-14-17)13-24(23)35-25(26(31)32)12-16-6-8-21(29)20(28)11-16/h2-11,13-14,25H,12,15H2,1H3. The number of halogens is 2. The number of hydrogen-bond acceptors (Lipinski definition) is 5. The molecule has 0 N–H and O–H groups in total. The van der Waals surface area contributed by atoms with Crippen LogP contribution in [0.15, 0.2) is 72.9 Å². The van der Waals surface area contributed by atoms with Crippen molar-refractivity contribution in [3.8, 4) is 5.75 Å². The molecule has 4 aromatic rings. The van der Waals surface area contributed by atoms with Crippen LogP contribution in [0.3, 0.4) is 0 Å². The first-order chi connectivity index (χ1) is 16.9. The number of amides is 1. The van der Waals surface area contributed by atoms with Crippen LogP contribution >= 0.6 is 11.6 Å². The van der Waals surface area contributed by atoms with Gasteiger partial charge in [-0.05, 0) is 48.0 Å². The van der Waals surface area contributed by atoms with E-state index in [1.54, 1.807) is 37.5 Å². The molecule has 8 heteroatoms. The van der Waals surface area contributed by atoms with Crippen LogP contribution in [0.25, 0.3) is 10.9 Å². The normalized spacial score (nSPS) is 15.0. The van der Waals surface area contributed by atoms with Crippen LogP contribution in [-0.4, -0.2) is 30.0 Å². The van der Waals surface area contributed by atoms with Gasteiger partial charge >= 0.3 is 5.97 Å². The number of carbonyl (C=O) groups excluding carboxylic acids is 2. The van der Waals surface area contributed by atoms with E-state index in [4.69, 9.17) is 21.1 Å². The van der Waals surface area contributed by atoms with Gasteiger partial charge in [-0.15, -0.1) is 0 Å². The van der Waals surface area contributed by atoms with Gasteiger partial charge in [-0.3, -0.25) is 9.78 Å². The van der Waals surface area contributed by atoms with Crippen molar-refractivity contribution >= 4 is 40.1 Å². The second-order valence-corrected chi connectivity index (χ2v) is 8.66. The zero-order valence-corrected chi connectivity index (χ0v) is 19.5. The van der Waals surface area contributed by atoms with E-state index in [0.29, 0.717) is 22.6 Å². The Morgan fingerprint density at radius 2 is 1.94 bits per heavy atom. The number of para-hydroxylation sites is 1. The van der Waals surface area contributed by atoms with Crippen LogP contribution in [0.1, 0.15) is 21.5 Å². The topological polar surface area (TPSA) is 68.7 Å².